The molecule has 0 fully saturated rings. The summed E-state index contributed by atoms with van der Waals surface area (Å²) in [5.74, 6) is 6.49. The summed E-state index contributed by atoms with van der Waals surface area (Å²) in [7, 11) is -4.64. The Bertz CT molecular complexity index is 1590. The van der Waals surface area contributed by atoms with Gasteiger partial charge >= 0.3 is 0 Å². The van der Waals surface area contributed by atoms with Crippen molar-refractivity contribution >= 4 is 45.9 Å². The maximum absolute atomic E-state index is 13.4. The third kappa shape index (κ3) is 7.71. The van der Waals surface area contributed by atoms with Crippen molar-refractivity contribution in [2.45, 2.75) is 50.7 Å². The Labute approximate surface area is 252 Å². The zero-order valence-electron chi connectivity index (χ0n) is 24.2. The highest BCUT2D eigenvalue weighted by Crippen LogP contribution is 2.37. The van der Waals surface area contributed by atoms with Gasteiger partial charge in [-0.3, -0.25) is 14.3 Å². The summed E-state index contributed by atoms with van der Waals surface area (Å²) in [5, 5.41) is 9.24. The molecule has 0 heterocycles. The van der Waals surface area contributed by atoms with Gasteiger partial charge in [0.25, 0.3) is 15.9 Å². The van der Waals surface area contributed by atoms with Crippen LogP contribution in [-0.2, 0) is 10.0 Å². The molecular formula is C30H35BrN2O6SSi. The number of anilines is 1. The maximum Gasteiger partial charge on any atom is 0.276 e. The molecule has 3 aromatic rings. The van der Waals surface area contributed by atoms with Gasteiger partial charge in [-0.25, -0.2) is 13.9 Å². The molecule has 0 saturated heterocycles. The molecule has 11 heteroatoms. The lowest BCUT2D eigenvalue weighted by Gasteiger charge is -2.36. The Morgan fingerprint density at radius 1 is 1.07 bits per heavy atom. The first-order chi connectivity index (χ1) is 19.1. The lowest BCUT2D eigenvalue weighted by Crippen LogP contribution is -2.43. The highest BCUT2D eigenvalue weighted by atomic mass is 79.9. The summed E-state index contributed by atoms with van der Waals surface area (Å²) in [4.78, 5) is 12.2. The van der Waals surface area contributed by atoms with Crippen LogP contribution in [0.5, 0.6) is 11.5 Å². The molecule has 3 aromatic carbocycles. The number of nitrogens with zero attached hydrogens (tertiary/aromatic N) is 1. The highest BCUT2D eigenvalue weighted by molar-refractivity contribution is 9.10. The zero-order chi connectivity index (χ0) is 30.6. The number of hydrogen-bond donors (Lipinski definition) is 2. The third-order valence-corrected chi connectivity index (χ3v) is 13.6. The zero-order valence-corrected chi connectivity index (χ0v) is 27.6. The van der Waals surface area contributed by atoms with Gasteiger partial charge in [-0.15, -0.1) is 0 Å². The number of hydrogen-bond acceptors (Lipinski definition) is 6. The van der Waals surface area contributed by atoms with Crippen LogP contribution >= 0.6 is 15.9 Å². The first-order valence-electron chi connectivity index (χ1n) is 12.8. The minimum atomic E-state index is -4.03. The summed E-state index contributed by atoms with van der Waals surface area (Å²) in [6, 6.07) is 16.8. The molecule has 0 saturated carbocycles. The van der Waals surface area contributed by atoms with E-state index < -0.39 is 24.2 Å². The monoisotopic (exact) mass is 658 g/mol. The van der Waals surface area contributed by atoms with Crippen molar-refractivity contribution in [1.29, 1.82) is 0 Å². The van der Waals surface area contributed by atoms with E-state index in [1.54, 1.807) is 30.6 Å². The normalized spacial score (nSPS) is 11.7. The Balaban J connectivity index is 1.71. The number of rotatable bonds is 8. The predicted molar refractivity (Wildman–Crippen MR) is 167 cm³/mol. The molecule has 0 aromatic heterocycles. The number of ether oxygens (including phenoxy) is 1. The average molecular weight is 660 g/mol. The van der Waals surface area contributed by atoms with Gasteiger partial charge in [-0.1, -0.05) is 54.6 Å². The molecule has 0 atom stereocenters. The van der Waals surface area contributed by atoms with Gasteiger partial charge in [0.05, 0.1) is 16.1 Å². The van der Waals surface area contributed by atoms with E-state index in [0.29, 0.717) is 15.8 Å². The molecule has 1 amide bonds. The number of nitrogens with one attached hydrogen (secondary N) is 1. The topological polar surface area (TPSA) is 105 Å². The summed E-state index contributed by atoms with van der Waals surface area (Å²) in [5.41, 5.74) is 3.06. The number of carbonyl (C=O) groups excluding carboxylic acids is 1. The maximum atomic E-state index is 13.4. The fraction of sp³-hybridized carbons (Fsp3) is 0.300. The molecule has 218 valence electrons. The summed E-state index contributed by atoms with van der Waals surface area (Å²) < 4.78 is 40.4. The van der Waals surface area contributed by atoms with Crippen molar-refractivity contribution < 1.29 is 27.6 Å². The predicted octanol–water partition coefficient (Wildman–Crippen LogP) is 6.52. The number of sulfonamides is 1. The van der Waals surface area contributed by atoms with Crippen LogP contribution in [0.1, 0.15) is 42.3 Å². The van der Waals surface area contributed by atoms with E-state index in [4.69, 9.17) is 14.4 Å². The van der Waals surface area contributed by atoms with Crippen LogP contribution in [0.15, 0.2) is 70.0 Å². The Morgan fingerprint density at radius 3 is 2.34 bits per heavy atom. The van der Waals surface area contributed by atoms with E-state index in [1.807, 2.05) is 24.3 Å². The van der Waals surface area contributed by atoms with Crippen molar-refractivity contribution in [3.8, 4) is 23.3 Å². The van der Waals surface area contributed by atoms with Crippen LogP contribution in [0.3, 0.4) is 0 Å². The number of aryl methyl sites for hydroxylation is 1. The quantitative estimate of drug-likeness (QED) is 0.124. The molecule has 8 nitrogen and oxygen atoms in total. The third-order valence-electron chi connectivity index (χ3n) is 6.97. The van der Waals surface area contributed by atoms with Crippen molar-refractivity contribution in [2.24, 2.45) is 0 Å². The van der Waals surface area contributed by atoms with Gasteiger partial charge in [0, 0.05) is 17.1 Å². The molecule has 0 bridgehead atoms. The molecule has 0 aliphatic heterocycles. The van der Waals surface area contributed by atoms with E-state index in [9.17, 15) is 13.2 Å². The molecule has 3 rings (SSSR count). The van der Waals surface area contributed by atoms with Crippen LogP contribution in [0, 0.1) is 18.8 Å². The molecule has 0 radical (unpaired) electrons. The smallest absolute Gasteiger partial charge is 0.276 e. The van der Waals surface area contributed by atoms with Gasteiger partial charge in [0.1, 0.15) is 18.1 Å². The first-order valence-corrected chi connectivity index (χ1v) is 18.0. The number of halogens is 1. The van der Waals surface area contributed by atoms with Crippen LogP contribution in [0.25, 0.3) is 0 Å². The average Bonchev–Trinajstić information content (AvgIpc) is 2.89. The van der Waals surface area contributed by atoms with E-state index in [2.05, 4.69) is 61.6 Å². The summed E-state index contributed by atoms with van der Waals surface area (Å²) in [6.45, 7) is 12.8. The van der Waals surface area contributed by atoms with Gasteiger partial charge in [-0.2, -0.15) is 0 Å². The Hall–Kier alpha value is -3.30. The molecule has 0 unspecified atom stereocenters. The number of benzene rings is 3. The molecule has 41 heavy (non-hydrogen) atoms. The van der Waals surface area contributed by atoms with E-state index in [1.165, 1.54) is 25.2 Å². The Morgan fingerprint density at radius 2 is 1.73 bits per heavy atom. The molecule has 0 aliphatic rings. The number of amides is 1. The lowest BCUT2D eigenvalue weighted by atomic mass is 10.1. The lowest BCUT2D eigenvalue weighted by molar-refractivity contribution is 0.0707. The van der Waals surface area contributed by atoms with Crippen molar-refractivity contribution in [3.05, 3.63) is 81.8 Å². The molecule has 0 spiro atoms. The number of hydroxylamine groups is 1. The molecular weight excluding hydrogens is 624 g/mol. The minimum Gasteiger partial charge on any atom is -0.543 e. The molecule has 2 N–H and O–H groups in total. The highest BCUT2D eigenvalue weighted by Gasteiger charge is 2.39. The van der Waals surface area contributed by atoms with E-state index in [0.717, 1.165) is 15.6 Å². The largest absolute Gasteiger partial charge is 0.543 e. The van der Waals surface area contributed by atoms with E-state index in [-0.39, 0.29) is 27.8 Å². The van der Waals surface area contributed by atoms with Gasteiger partial charge < -0.3 is 9.16 Å². The summed E-state index contributed by atoms with van der Waals surface area (Å²) >= 11 is 3.30. The van der Waals surface area contributed by atoms with Crippen molar-refractivity contribution in [2.75, 3.05) is 18.0 Å². The number of carbonyl (C=O) groups is 1. The second-order valence-corrected chi connectivity index (χ2v) is 18.6. The van der Waals surface area contributed by atoms with Gasteiger partial charge in [0.15, 0.2) is 0 Å². The van der Waals surface area contributed by atoms with Crippen molar-refractivity contribution in [1.82, 2.24) is 5.48 Å². The standard InChI is InChI=1S/C30H35BrN2O6SSi/c1-21-18-23(31)20-27(29(34)32-35)28(21)33(5)40(36,37)26-15-13-24(14-16-26)38-17-9-11-22-10-8-12-25(19-22)39-41(6,7)30(2,3)4/h8,10,12-16,18-20,35H,17H2,1-7H3,(H,32,34). The van der Waals surface area contributed by atoms with Gasteiger partial charge in [0.2, 0.25) is 8.32 Å². The Kier molecular flexibility index (Phi) is 9.97. The first kappa shape index (κ1) is 32.2. The van der Waals surface area contributed by atoms with Crippen molar-refractivity contribution in [3.63, 3.8) is 0 Å². The van der Waals surface area contributed by atoms with Crippen LogP contribution < -0.4 is 18.9 Å². The van der Waals surface area contributed by atoms with E-state index >= 15 is 0 Å². The fourth-order valence-corrected chi connectivity index (χ4v) is 6.59. The molecule has 0 aliphatic carbocycles. The fourth-order valence-electron chi connectivity index (χ4n) is 3.72. The summed E-state index contributed by atoms with van der Waals surface area (Å²) in [6.07, 6.45) is 0. The SMILES string of the molecule is Cc1cc(Br)cc(C(=O)NO)c1N(C)S(=O)(=O)c1ccc(OCC#Cc2cccc(O[Si](C)(C)C(C)(C)C)c2)cc1. The van der Waals surface area contributed by atoms with Crippen LogP contribution in [-0.4, -0.2) is 41.5 Å². The van der Waals surface area contributed by atoms with Crippen LogP contribution in [0.4, 0.5) is 5.69 Å². The van der Waals surface area contributed by atoms with Crippen LogP contribution in [0.2, 0.25) is 18.1 Å². The second kappa shape index (κ2) is 12.7. The second-order valence-electron chi connectivity index (χ2n) is 11.0. The van der Waals surface area contributed by atoms with Gasteiger partial charge in [-0.05, 0) is 85.2 Å². The minimum absolute atomic E-state index is 0.000989.